The number of hydrogen-bond donors (Lipinski definition) is 4. The van der Waals surface area contributed by atoms with Gasteiger partial charge in [-0.25, -0.2) is 9.59 Å². The van der Waals surface area contributed by atoms with Crippen molar-refractivity contribution in [2.45, 2.75) is 37.3 Å². The van der Waals surface area contributed by atoms with Crippen molar-refractivity contribution < 1.29 is 34.1 Å². The van der Waals surface area contributed by atoms with Crippen molar-refractivity contribution in [3.05, 3.63) is 108 Å². The minimum Gasteiger partial charge on any atom is -0.479 e. The van der Waals surface area contributed by atoms with Crippen LogP contribution in [0.5, 0.6) is 0 Å². The molecule has 0 spiro atoms. The van der Waals surface area contributed by atoms with Gasteiger partial charge in [0.2, 0.25) is 5.91 Å². The first-order valence-corrected chi connectivity index (χ1v) is 14.1. The highest BCUT2D eigenvalue weighted by atomic mass is 32.2. The number of carboxylic acids is 1. The molecule has 3 aromatic rings. The molecule has 3 amide bonds. The molecule has 0 radical (unpaired) electrons. The molecule has 0 bridgehead atoms. The molecule has 3 aromatic carbocycles. The van der Waals surface area contributed by atoms with Gasteiger partial charge in [-0.3, -0.25) is 9.59 Å². The monoisotopic (exact) mass is 577 g/mol. The van der Waals surface area contributed by atoms with Crippen LogP contribution in [0.3, 0.4) is 0 Å². The average molecular weight is 578 g/mol. The highest BCUT2D eigenvalue weighted by molar-refractivity contribution is 7.99. The fourth-order valence-corrected chi connectivity index (χ4v) is 5.58. The van der Waals surface area contributed by atoms with E-state index in [1.54, 1.807) is 60.7 Å². The Morgan fingerprint density at radius 2 is 1.46 bits per heavy atom. The molecule has 1 aliphatic rings. The van der Waals surface area contributed by atoms with Crippen molar-refractivity contribution in [2.24, 2.45) is 0 Å². The number of alkyl carbamates (subject to hydrolysis) is 1. The zero-order valence-corrected chi connectivity index (χ0v) is 22.9. The molecule has 41 heavy (non-hydrogen) atoms. The Kier molecular flexibility index (Phi) is 10.4. The van der Waals surface area contributed by atoms with Crippen LogP contribution in [0.1, 0.15) is 22.7 Å². The number of carbonyl (C=O) groups is 4. The Bertz CT molecular complexity index is 1330. The van der Waals surface area contributed by atoms with Crippen LogP contribution in [0.25, 0.3) is 0 Å². The number of ether oxygens (including phenoxy) is 1. The molecule has 1 saturated heterocycles. The van der Waals surface area contributed by atoms with Crippen LogP contribution < -0.4 is 10.6 Å². The molecule has 1 unspecified atom stereocenters. The van der Waals surface area contributed by atoms with Gasteiger partial charge in [-0.2, -0.15) is 0 Å². The van der Waals surface area contributed by atoms with Crippen molar-refractivity contribution in [2.75, 3.05) is 11.6 Å². The summed E-state index contributed by atoms with van der Waals surface area (Å²) >= 11 is 1.35. The molecular formula is C30H31N3O7S. The summed E-state index contributed by atoms with van der Waals surface area (Å²) in [6.45, 7) is 0.0156. The molecule has 0 aliphatic carbocycles. The molecule has 4 N–H and O–H groups in total. The number of aliphatic hydroxyl groups excluding tert-OH is 1. The summed E-state index contributed by atoms with van der Waals surface area (Å²) < 4.78 is 5.34. The summed E-state index contributed by atoms with van der Waals surface area (Å²) in [5, 5.41) is 25.0. The van der Waals surface area contributed by atoms with Gasteiger partial charge in [0.05, 0.1) is 11.9 Å². The fourth-order valence-electron chi connectivity index (χ4n) is 4.42. The van der Waals surface area contributed by atoms with Crippen LogP contribution in [-0.2, 0) is 32.1 Å². The number of aliphatic hydroxyl groups is 1. The molecule has 1 heterocycles. The molecular weight excluding hydrogens is 546 g/mol. The Labute approximate surface area is 241 Å². The third-order valence-corrected chi connectivity index (χ3v) is 7.60. The van der Waals surface area contributed by atoms with E-state index in [-0.39, 0.29) is 24.7 Å². The Balaban J connectivity index is 1.48. The average Bonchev–Trinajstić information content (AvgIpc) is 3.50. The van der Waals surface area contributed by atoms with E-state index in [1.165, 1.54) is 16.7 Å². The number of nitrogens with zero attached hydrogens (tertiary/aromatic N) is 1. The zero-order valence-electron chi connectivity index (χ0n) is 22.1. The van der Waals surface area contributed by atoms with E-state index >= 15 is 0 Å². The zero-order chi connectivity index (χ0) is 29.2. The Morgan fingerprint density at radius 1 is 0.878 bits per heavy atom. The normalized spacial score (nSPS) is 16.7. The first kappa shape index (κ1) is 29.6. The van der Waals surface area contributed by atoms with Crippen molar-refractivity contribution in [3.63, 3.8) is 0 Å². The molecule has 4 atom stereocenters. The summed E-state index contributed by atoms with van der Waals surface area (Å²) in [7, 11) is 0. The summed E-state index contributed by atoms with van der Waals surface area (Å²) in [4.78, 5) is 52.8. The lowest BCUT2D eigenvalue weighted by atomic mass is 10.0. The first-order valence-electron chi connectivity index (χ1n) is 13.0. The molecule has 10 nitrogen and oxygen atoms in total. The maximum Gasteiger partial charge on any atom is 0.408 e. The van der Waals surface area contributed by atoms with Gasteiger partial charge in [0.1, 0.15) is 18.7 Å². The van der Waals surface area contributed by atoms with E-state index in [2.05, 4.69) is 10.6 Å². The molecule has 214 valence electrons. The largest absolute Gasteiger partial charge is 0.479 e. The number of thioether (sulfide) groups is 1. The second-order valence-electron chi connectivity index (χ2n) is 9.46. The Morgan fingerprint density at radius 3 is 2.07 bits per heavy atom. The molecule has 0 saturated carbocycles. The minimum atomic E-state index is -1.85. The van der Waals surface area contributed by atoms with Gasteiger partial charge in [0.15, 0.2) is 6.10 Å². The third-order valence-electron chi connectivity index (χ3n) is 6.58. The lowest BCUT2D eigenvalue weighted by molar-refractivity contribution is -0.149. The maximum absolute atomic E-state index is 13.8. The molecule has 11 heteroatoms. The summed E-state index contributed by atoms with van der Waals surface area (Å²) in [5.74, 6) is -2.13. The quantitative estimate of drug-likeness (QED) is 0.272. The van der Waals surface area contributed by atoms with Crippen LogP contribution in [0.2, 0.25) is 0 Å². The van der Waals surface area contributed by atoms with Crippen LogP contribution in [0.15, 0.2) is 91.0 Å². The van der Waals surface area contributed by atoms with Gasteiger partial charge in [-0.1, -0.05) is 91.0 Å². The number of benzene rings is 3. The van der Waals surface area contributed by atoms with Crippen LogP contribution in [0, 0.1) is 0 Å². The lowest BCUT2D eigenvalue weighted by Crippen LogP contribution is -2.56. The van der Waals surface area contributed by atoms with E-state index < -0.39 is 48.1 Å². The maximum atomic E-state index is 13.8. The standard InChI is InChI=1S/C30H31N3O7S/c34-26(29(37)38)23(16-20-10-4-1-5-11-20)31-27(35)24-18-41-19-33(24)28(36)25(22-14-8-3-9-15-22)32-30(39)40-17-21-12-6-2-7-13-21/h1-15,23-26,34H,16-19H2,(H,31,35)(H,32,39)(H,37,38)/t23-,24-,25-,26?/m0/s1. The molecule has 4 rings (SSSR count). The Hall–Kier alpha value is -4.35. The summed E-state index contributed by atoms with van der Waals surface area (Å²) in [5.41, 5.74) is 2.02. The van der Waals surface area contributed by atoms with Gasteiger partial charge >= 0.3 is 12.1 Å². The van der Waals surface area contributed by atoms with Crippen molar-refractivity contribution in [1.82, 2.24) is 15.5 Å². The van der Waals surface area contributed by atoms with Gasteiger partial charge in [-0.15, -0.1) is 11.8 Å². The number of hydrogen-bond acceptors (Lipinski definition) is 7. The number of carboxylic acid groups (broad SMARTS) is 1. The topological polar surface area (TPSA) is 145 Å². The first-order chi connectivity index (χ1) is 19.8. The van der Waals surface area contributed by atoms with Crippen molar-refractivity contribution in [1.29, 1.82) is 0 Å². The van der Waals surface area contributed by atoms with Gasteiger partial charge in [0, 0.05) is 5.75 Å². The number of rotatable bonds is 11. The van der Waals surface area contributed by atoms with Gasteiger partial charge in [-0.05, 0) is 23.1 Å². The smallest absolute Gasteiger partial charge is 0.408 e. The van der Waals surface area contributed by atoms with E-state index in [0.29, 0.717) is 5.56 Å². The van der Waals surface area contributed by atoms with E-state index in [4.69, 9.17) is 4.74 Å². The van der Waals surface area contributed by atoms with Crippen molar-refractivity contribution >= 4 is 35.6 Å². The second-order valence-corrected chi connectivity index (χ2v) is 10.5. The van der Waals surface area contributed by atoms with Crippen LogP contribution in [-0.4, -0.2) is 68.8 Å². The predicted octanol–water partition coefficient (Wildman–Crippen LogP) is 2.73. The molecule has 0 aromatic heterocycles. The number of nitrogens with one attached hydrogen (secondary N) is 2. The minimum absolute atomic E-state index is 0.0156. The van der Waals surface area contributed by atoms with Crippen LogP contribution in [0.4, 0.5) is 4.79 Å². The third kappa shape index (κ3) is 8.09. The number of carbonyl (C=O) groups excluding carboxylic acids is 3. The van der Waals surface area contributed by atoms with Crippen molar-refractivity contribution in [3.8, 4) is 0 Å². The molecule has 1 fully saturated rings. The van der Waals surface area contributed by atoms with Gasteiger partial charge in [0.25, 0.3) is 5.91 Å². The highest BCUT2D eigenvalue weighted by Crippen LogP contribution is 2.26. The highest BCUT2D eigenvalue weighted by Gasteiger charge is 2.40. The van der Waals surface area contributed by atoms with E-state index in [9.17, 15) is 29.4 Å². The lowest BCUT2D eigenvalue weighted by Gasteiger charge is -2.30. The second kappa shape index (κ2) is 14.3. The van der Waals surface area contributed by atoms with Crippen LogP contribution >= 0.6 is 11.8 Å². The number of aliphatic carboxylic acids is 1. The summed E-state index contributed by atoms with van der Waals surface area (Å²) in [6.07, 6.45) is -2.57. The van der Waals surface area contributed by atoms with Gasteiger partial charge < -0.3 is 30.5 Å². The number of amides is 3. The van der Waals surface area contributed by atoms with E-state index in [1.807, 2.05) is 30.3 Å². The fraction of sp³-hybridized carbons (Fsp3) is 0.267. The SMILES string of the molecule is O=C(N[C@H](C(=O)N1CSC[C@H]1C(=O)N[C@@H](Cc1ccccc1)C(O)C(=O)O)c1ccccc1)OCc1ccccc1. The van der Waals surface area contributed by atoms with E-state index in [0.717, 1.165) is 11.1 Å². The predicted molar refractivity (Wildman–Crippen MR) is 153 cm³/mol. The molecule has 1 aliphatic heterocycles. The summed E-state index contributed by atoms with van der Waals surface area (Å²) in [6, 6.07) is 23.4.